The summed E-state index contributed by atoms with van der Waals surface area (Å²) in [5.74, 6) is 1.56. The van der Waals surface area contributed by atoms with Crippen molar-refractivity contribution in [2.45, 2.75) is 26.9 Å². The van der Waals surface area contributed by atoms with Gasteiger partial charge in [-0.25, -0.2) is 0 Å². The standard InChI is InChI=1S/C14H24N2O/c1-11(2)9-16(3)10-12-5-6-14(17-4)13(7-12)8-15/h5-7,11H,8-10,15H2,1-4H3. The molecule has 0 aromatic heterocycles. The van der Waals surface area contributed by atoms with Gasteiger partial charge in [0.15, 0.2) is 0 Å². The highest BCUT2D eigenvalue weighted by atomic mass is 16.5. The number of ether oxygens (including phenoxy) is 1. The van der Waals surface area contributed by atoms with Crippen molar-refractivity contribution in [2.24, 2.45) is 11.7 Å². The van der Waals surface area contributed by atoms with Crippen LogP contribution >= 0.6 is 0 Å². The van der Waals surface area contributed by atoms with Crippen LogP contribution in [0.3, 0.4) is 0 Å². The van der Waals surface area contributed by atoms with E-state index in [1.807, 2.05) is 6.07 Å². The highest BCUT2D eigenvalue weighted by Crippen LogP contribution is 2.20. The lowest BCUT2D eigenvalue weighted by molar-refractivity contribution is 0.288. The van der Waals surface area contributed by atoms with Crippen molar-refractivity contribution in [1.82, 2.24) is 4.90 Å². The minimum atomic E-state index is 0.519. The molecular formula is C14H24N2O. The molecular weight excluding hydrogens is 212 g/mol. The van der Waals surface area contributed by atoms with Gasteiger partial charge in [-0.1, -0.05) is 19.9 Å². The van der Waals surface area contributed by atoms with E-state index >= 15 is 0 Å². The van der Waals surface area contributed by atoms with Gasteiger partial charge >= 0.3 is 0 Å². The number of nitrogens with two attached hydrogens (primary N) is 1. The maximum Gasteiger partial charge on any atom is 0.123 e. The Bertz CT molecular complexity index is 350. The Balaban J connectivity index is 2.72. The molecule has 17 heavy (non-hydrogen) atoms. The summed E-state index contributed by atoms with van der Waals surface area (Å²) in [6, 6.07) is 6.24. The number of benzene rings is 1. The third-order valence-corrected chi connectivity index (χ3v) is 2.69. The van der Waals surface area contributed by atoms with Crippen LogP contribution < -0.4 is 10.5 Å². The molecule has 1 rings (SSSR count). The van der Waals surface area contributed by atoms with Gasteiger partial charge in [0, 0.05) is 25.2 Å². The molecule has 0 fully saturated rings. The highest BCUT2D eigenvalue weighted by molar-refractivity contribution is 5.37. The Hall–Kier alpha value is -1.06. The molecule has 2 N–H and O–H groups in total. The van der Waals surface area contributed by atoms with Gasteiger partial charge in [-0.2, -0.15) is 0 Å². The predicted octanol–water partition coefficient (Wildman–Crippen LogP) is 2.24. The van der Waals surface area contributed by atoms with Gasteiger partial charge in [-0.3, -0.25) is 0 Å². The first-order valence-electron chi connectivity index (χ1n) is 6.11. The fourth-order valence-corrected chi connectivity index (χ4v) is 2.09. The SMILES string of the molecule is COc1ccc(CN(C)CC(C)C)cc1CN. The second-order valence-electron chi connectivity index (χ2n) is 4.94. The highest BCUT2D eigenvalue weighted by Gasteiger charge is 2.06. The van der Waals surface area contributed by atoms with Gasteiger partial charge in [0.2, 0.25) is 0 Å². The van der Waals surface area contributed by atoms with Gasteiger partial charge in [-0.05, 0) is 30.7 Å². The lowest BCUT2D eigenvalue weighted by Crippen LogP contribution is -2.22. The van der Waals surface area contributed by atoms with Crippen LogP contribution in [0.5, 0.6) is 5.75 Å². The van der Waals surface area contributed by atoms with E-state index in [1.54, 1.807) is 7.11 Å². The van der Waals surface area contributed by atoms with Crippen molar-refractivity contribution in [3.8, 4) is 5.75 Å². The zero-order valence-corrected chi connectivity index (χ0v) is 11.4. The molecule has 96 valence electrons. The predicted molar refractivity (Wildman–Crippen MR) is 72.1 cm³/mol. The van der Waals surface area contributed by atoms with E-state index in [4.69, 9.17) is 10.5 Å². The summed E-state index contributed by atoms with van der Waals surface area (Å²) in [6.07, 6.45) is 0. The van der Waals surface area contributed by atoms with Gasteiger partial charge in [0.25, 0.3) is 0 Å². The van der Waals surface area contributed by atoms with E-state index in [2.05, 4.69) is 37.9 Å². The van der Waals surface area contributed by atoms with Crippen molar-refractivity contribution in [1.29, 1.82) is 0 Å². The van der Waals surface area contributed by atoms with Crippen molar-refractivity contribution in [3.63, 3.8) is 0 Å². The summed E-state index contributed by atoms with van der Waals surface area (Å²) in [6.45, 7) is 7.04. The van der Waals surface area contributed by atoms with Gasteiger partial charge in [-0.15, -0.1) is 0 Å². The maximum absolute atomic E-state index is 5.71. The Morgan fingerprint density at radius 2 is 2.06 bits per heavy atom. The zero-order valence-electron chi connectivity index (χ0n) is 11.4. The minimum absolute atomic E-state index is 0.519. The van der Waals surface area contributed by atoms with E-state index in [0.717, 1.165) is 24.4 Å². The van der Waals surface area contributed by atoms with Crippen LogP contribution in [0.15, 0.2) is 18.2 Å². The van der Waals surface area contributed by atoms with Crippen molar-refractivity contribution in [3.05, 3.63) is 29.3 Å². The monoisotopic (exact) mass is 236 g/mol. The average molecular weight is 236 g/mol. The molecule has 0 amide bonds. The van der Waals surface area contributed by atoms with Gasteiger partial charge < -0.3 is 15.4 Å². The number of rotatable bonds is 6. The molecule has 3 nitrogen and oxygen atoms in total. The third kappa shape index (κ3) is 4.36. The zero-order chi connectivity index (χ0) is 12.8. The number of hydrogen-bond donors (Lipinski definition) is 1. The van der Waals surface area contributed by atoms with Gasteiger partial charge in [0.05, 0.1) is 7.11 Å². The van der Waals surface area contributed by atoms with Crippen molar-refractivity contribution >= 4 is 0 Å². The maximum atomic E-state index is 5.71. The van der Waals surface area contributed by atoms with E-state index in [0.29, 0.717) is 12.5 Å². The Morgan fingerprint density at radius 3 is 2.59 bits per heavy atom. The fraction of sp³-hybridized carbons (Fsp3) is 0.571. The first-order valence-corrected chi connectivity index (χ1v) is 6.11. The molecule has 0 bridgehead atoms. The second-order valence-corrected chi connectivity index (χ2v) is 4.94. The molecule has 0 atom stereocenters. The summed E-state index contributed by atoms with van der Waals surface area (Å²) in [4.78, 5) is 2.33. The van der Waals surface area contributed by atoms with Gasteiger partial charge in [0.1, 0.15) is 5.75 Å². The molecule has 1 aromatic rings. The molecule has 1 aromatic carbocycles. The molecule has 0 saturated heterocycles. The molecule has 0 heterocycles. The number of hydrogen-bond acceptors (Lipinski definition) is 3. The van der Waals surface area contributed by atoms with Crippen LogP contribution in [-0.2, 0) is 13.1 Å². The summed E-state index contributed by atoms with van der Waals surface area (Å²) in [5, 5.41) is 0. The molecule has 0 unspecified atom stereocenters. The van der Waals surface area contributed by atoms with E-state index in [9.17, 15) is 0 Å². The number of nitrogens with zero attached hydrogens (tertiary/aromatic N) is 1. The van der Waals surface area contributed by atoms with Crippen molar-refractivity contribution in [2.75, 3.05) is 20.7 Å². The quantitative estimate of drug-likeness (QED) is 0.823. The first kappa shape index (κ1) is 14.0. The molecule has 0 saturated carbocycles. The van der Waals surface area contributed by atoms with E-state index < -0.39 is 0 Å². The van der Waals surface area contributed by atoms with Crippen LogP contribution in [-0.4, -0.2) is 25.6 Å². The number of methoxy groups -OCH3 is 1. The summed E-state index contributed by atoms with van der Waals surface area (Å²) >= 11 is 0. The largest absolute Gasteiger partial charge is 0.496 e. The fourth-order valence-electron chi connectivity index (χ4n) is 2.09. The van der Waals surface area contributed by atoms with Crippen LogP contribution in [0.25, 0.3) is 0 Å². The van der Waals surface area contributed by atoms with E-state index in [1.165, 1.54) is 5.56 Å². The summed E-state index contributed by atoms with van der Waals surface area (Å²) in [7, 11) is 3.82. The van der Waals surface area contributed by atoms with Crippen LogP contribution in [0.4, 0.5) is 0 Å². The lowest BCUT2D eigenvalue weighted by Gasteiger charge is -2.19. The smallest absolute Gasteiger partial charge is 0.123 e. The average Bonchev–Trinajstić information content (AvgIpc) is 2.27. The summed E-state index contributed by atoms with van der Waals surface area (Å²) < 4.78 is 5.27. The third-order valence-electron chi connectivity index (χ3n) is 2.69. The lowest BCUT2D eigenvalue weighted by atomic mass is 10.1. The molecule has 0 aliphatic rings. The molecule has 0 aliphatic carbocycles. The molecule has 0 radical (unpaired) electrons. The molecule has 3 heteroatoms. The molecule has 0 aliphatic heterocycles. The first-order chi connectivity index (χ1) is 8.06. The van der Waals surface area contributed by atoms with Crippen LogP contribution in [0.1, 0.15) is 25.0 Å². The normalized spacial score (nSPS) is 11.2. The topological polar surface area (TPSA) is 38.5 Å². The minimum Gasteiger partial charge on any atom is -0.496 e. The van der Waals surface area contributed by atoms with Crippen LogP contribution in [0.2, 0.25) is 0 Å². The molecule has 0 spiro atoms. The van der Waals surface area contributed by atoms with Crippen molar-refractivity contribution < 1.29 is 4.74 Å². The summed E-state index contributed by atoms with van der Waals surface area (Å²) in [5.41, 5.74) is 8.07. The Labute approximate surface area is 105 Å². The van der Waals surface area contributed by atoms with Crippen LogP contribution in [0, 0.1) is 5.92 Å². The van der Waals surface area contributed by atoms with E-state index in [-0.39, 0.29) is 0 Å². The Kier molecular flexibility index (Phi) is 5.45. The second kappa shape index (κ2) is 6.62. The Morgan fingerprint density at radius 1 is 1.35 bits per heavy atom.